The number of aliphatic imine (C=N–C) groups is 1. The maximum absolute atomic E-state index is 13.2. The van der Waals surface area contributed by atoms with Crippen molar-refractivity contribution < 1.29 is 13.8 Å². The highest BCUT2D eigenvalue weighted by molar-refractivity contribution is 9.10. The minimum absolute atomic E-state index is 0.138. The molecule has 0 aliphatic carbocycles. The molecule has 1 aliphatic rings. The number of aromatic nitrogens is 2. The molecule has 0 unspecified atom stereocenters. The predicted octanol–water partition coefficient (Wildman–Crippen LogP) is 2.60. The van der Waals surface area contributed by atoms with Crippen LogP contribution in [0, 0.1) is 5.82 Å². The van der Waals surface area contributed by atoms with Crippen LogP contribution in [0.15, 0.2) is 32.3 Å². The maximum atomic E-state index is 13.2. The number of anilines is 1. The Morgan fingerprint density at radius 3 is 2.87 bits per heavy atom. The minimum Gasteiger partial charge on any atom is -0.382 e. The van der Waals surface area contributed by atoms with Gasteiger partial charge in [-0.1, -0.05) is 0 Å². The highest BCUT2D eigenvalue weighted by Gasteiger charge is 2.20. The third-order valence-electron chi connectivity index (χ3n) is 3.45. The van der Waals surface area contributed by atoms with Crippen molar-refractivity contribution >= 4 is 33.3 Å². The molecule has 23 heavy (non-hydrogen) atoms. The third kappa shape index (κ3) is 3.85. The lowest BCUT2D eigenvalue weighted by Crippen LogP contribution is -2.29. The molecule has 1 fully saturated rings. The van der Waals surface area contributed by atoms with Crippen LogP contribution >= 0.6 is 15.9 Å². The molecule has 1 saturated heterocycles. The SMILES string of the molecule is NC(=Nc1ccc(F)c(Br)c1)c1nonc1NC1CCOCC1. The fourth-order valence-electron chi connectivity index (χ4n) is 2.23. The van der Waals surface area contributed by atoms with E-state index in [1.807, 2.05) is 0 Å². The van der Waals surface area contributed by atoms with Crippen LogP contribution in [0.5, 0.6) is 0 Å². The number of nitrogens with two attached hydrogens (primary N) is 1. The topological polar surface area (TPSA) is 98.6 Å². The fraction of sp³-hybridized carbons (Fsp3) is 0.357. The van der Waals surface area contributed by atoms with Crippen LogP contribution in [-0.4, -0.2) is 35.4 Å². The van der Waals surface area contributed by atoms with Crippen LogP contribution in [0.4, 0.5) is 15.9 Å². The average molecular weight is 384 g/mol. The minimum atomic E-state index is -0.368. The quantitative estimate of drug-likeness (QED) is 0.621. The molecular weight excluding hydrogens is 369 g/mol. The molecule has 9 heteroatoms. The van der Waals surface area contributed by atoms with Crippen LogP contribution in [0.2, 0.25) is 0 Å². The van der Waals surface area contributed by atoms with Crippen LogP contribution in [0.1, 0.15) is 18.5 Å². The van der Waals surface area contributed by atoms with Crippen molar-refractivity contribution in [1.29, 1.82) is 0 Å². The van der Waals surface area contributed by atoms with Crippen molar-refractivity contribution in [2.45, 2.75) is 18.9 Å². The molecule has 122 valence electrons. The Morgan fingerprint density at radius 2 is 2.13 bits per heavy atom. The zero-order valence-electron chi connectivity index (χ0n) is 12.1. The van der Waals surface area contributed by atoms with Gasteiger partial charge in [-0.05, 0) is 57.3 Å². The van der Waals surface area contributed by atoms with Crippen molar-refractivity contribution in [3.05, 3.63) is 34.2 Å². The Labute approximate surface area is 140 Å². The standard InChI is InChI=1S/C14H15BrFN5O2/c15-10-7-9(1-2-11(10)16)18-13(17)12-14(21-23-20-12)19-8-3-5-22-6-4-8/h1-2,7-8H,3-6H2,(H2,17,18)(H,19,21). The zero-order chi connectivity index (χ0) is 16.2. The smallest absolute Gasteiger partial charge is 0.202 e. The molecule has 0 atom stereocenters. The normalized spacial score (nSPS) is 16.5. The number of rotatable bonds is 4. The molecule has 0 radical (unpaired) electrons. The van der Waals surface area contributed by atoms with Crippen molar-refractivity contribution in [2.75, 3.05) is 18.5 Å². The second-order valence-corrected chi connectivity index (χ2v) is 5.94. The van der Waals surface area contributed by atoms with Crippen LogP contribution in [0.3, 0.4) is 0 Å². The Hall–Kier alpha value is -2.00. The first-order valence-corrected chi connectivity index (χ1v) is 7.89. The van der Waals surface area contributed by atoms with E-state index in [0.717, 1.165) is 12.8 Å². The molecule has 1 aromatic heterocycles. The first-order chi connectivity index (χ1) is 11.1. The van der Waals surface area contributed by atoms with E-state index < -0.39 is 0 Å². The van der Waals surface area contributed by atoms with Gasteiger partial charge in [0.25, 0.3) is 0 Å². The Bertz CT molecular complexity index is 715. The molecule has 0 saturated carbocycles. The van der Waals surface area contributed by atoms with E-state index in [1.54, 1.807) is 0 Å². The third-order valence-corrected chi connectivity index (χ3v) is 4.05. The average Bonchev–Trinajstić information content (AvgIpc) is 3.00. The summed E-state index contributed by atoms with van der Waals surface area (Å²) in [4.78, 5) is 4.23. The van der Waals surface area contributed by atoms with Gasteiger partial charge in [0.05, 0.1) is 10.2 Å². The highest BCUT2D eigenvalue weighted by Crippen LogP contribution is 2.23. The first-order valence-electron chi connectivity index (χ1n) is 7.10. The van der Waals surface area contributed by atoms with Gasteiger partial charge in [0.1, 0.15) is 5.82 Å². The second-order valence-electron chi connectivity index (χ2n) is 5.09. The summed E-state index contributed by atoms with van der Waals surface area (Å²) in [6, 6.07) is 4.58. The van der Waals surface area contributed by atoms with Crippen molar-refractivity contribution in [1.82, 2.24) is 10.3 Å². The molecule has 2 aromatic rings. The number of nitrogens with one attached hydrogen (secondary N) is 1. The van der Waals surface area contributed by atoms with Gasteiger partial charge in [0.2, 0.25) is 5.82 Å². The molecule has 0 spiro atoms. The van der Waals surface area contributed by atoms with Crippen LogP contribution in [-0.2, 0) is 4.74 Å². The molecule has 1 aliphatic heterocycles. The highest BCUT2D eigenvalue weighted by atomic mass is 79.9. The van der Waals surface area contributed by atoms with Crippen molar-refractivity contribution in [3.63, 3.8) is 0 Å². The van der Waals surface area contributed by atoms with Gasteiger partial charge in [0.15, 0.2) is 11.5 Å². The van der Waals surface area contributed by atoms with E-state index in [1.165, 1.54) is 18.2 Å². The monoisotopic (exact) mass is 383 g/mol. The van der Waals surface area contributed by atoms with Crippen LogP contribution < -0.4 is 11.1 Å². The first kappa shape index (κ1) is 15.9. The van der Waals surface area contributed by atoms with Gasteiger partial charge in [-0.25, -0.2) is 14.0 Å². The number of halogens is 2. The number of nitrogens with zero attached hydrogens (tertiary/aromatic N) is 3. The number of hydrogen-bond donors (Lipinski definition) is 2. The summed E-state index contributed by atoms with van der Waals surface area (Å²) in [5.74, 6) is 0.214. The number of amidine groups is 1. The predicted molar refractivity (Wildman–Crippen MR) is 86.2 cm³/mol. The van der Waals surface area contributed by atoms with Gasteiger partial charge < -0.3 is 15.8 Å². The number of hydrogen-bond acceptors (Lipinski definition) is 6. The molecule has 1 aromatic carbocycles. The summed E-state index contributed by atoms with van der Waals surface area (Å²) in [6.07, 6.45) is 1.74. The summed E-state index contributed by atoms with van der Waals surface area (Å²) in [6.45, 7) is 1.40. The summed E-state index contributed by atoms with van der Waals surface area (Å²) in [5, 5.41) is 10.9. The lowest BCUT2D eigenvalue weighted by atomic mass is 10.1. The second kappa shape index (κ2) is 7.05. The van der Waals surface area contributed by atoms with E-state index in [9.17, 15) is 4.39 Å². The van der Waals surface area contributed by atoms with Gasteiger partial charge >= 0.3 is 0 Å². The molecular formula is C14H15BrFN5O2. The van der Waals surface area contributed by atoms with Gasteiger partial charge in [-0.2, -0.15) is 0 Å². The largest absolute Gasteiger partial charge is 0.382 e. The van der Waals surface area contributed by atoms with E-state index in [0.29, 0.717) is 34.9 Å². The lowest BCUT2D eigenvalue weighted by Gasteiger charge is -2.22. The zero-order valence-corrected chi connectivity index (χ0v) is 13.7. The van der Waals surface area contributed by atoms with Gasteiger partial charge in [-0.15, -0.1) is 0 Å². The van der Waals surface area contributed by atoms with Crippen molar-refractivity contribution in [3.8, 4) is 0 Å². The van der Waals surface area contributed by atoms with Crippen molar-refractivity contribution in [2.24, 2.45) is 10.7 Å². The molecule has 3 N–H and O–H groups in total. The van der Waals surface area contributed by atoms with Crippen LogP contribution in [0.25, 0.3) is 0 Å². The summed E-state index contributed by atoms with van der Waals surface area (Å²) >= 11 is 3.11. The summed E-state index contributed by atoms with van der Waals surface area (Å²) < 4.78 is 23.6. The molecule has 7 nitrogen and oxygen atoms in total. The molecule has 3 rings (SSSR count). The lowest BCUT2D eigenvalue weighted by molar-refractivity contribution is 0.0903. The Kier molecular flexibility index (Phi) is 4.87. The van der Waals surface area contributed by atoms with E-state index in [2.05, 4.69) is 36.6 Å². The maximum Gasteiger partial charge on any atom is 0.202 e. The Balaban J connectivity index is 1.79. The number of ether oxygens (including phenoxy) is 1. The number of benzene rings is 1. The van der Waals surface area contributed by atoms with E-state index in [-0.39, 0.29) is 17.7 Å². The molecule has 2 heterocycles. The Morgan fingerprint density at radius 1 is 1.35 bits per heavy atom. The molecule has 0 bridgehead atoms. The summed E-state index contributed by atoms with van der Waals surface area (Å²) in [5.41, 5.74) is 6.81. The van der Waals surface area contributed by atoms with E-state index in [4.69, 9.17) is 15.1 Å². The van der Waals surface area contributed by atoms with Gasteiger partial charge in [-0.3, -0.25) is 0 Å². The summed E-state index contributed by atoms with van der Waals surface area (Å²) in [7, 11) is 0. The van der Waals surface area contributed by atoms with E-state index >= 15 is 0 Å². The molecule has 0 amide bonds. The fourth-order valence-corrected chi connectivity index (χ4v) is 2.60. The van der Waals surface area contributed by atoms with Gasteiger partial charge in [0, 0.05) is 19.3 Å².